The zero-order chi connectivity index (χ0) is 23.7. The first-order valence-electron chi connectivity index (χ1n) is 10.9. The van der Waals surface area contributed by atoms with E-state index in [1.807, 2.05) is 38.4 Å². The van der Waals surface area contributed by atoms with E-state index in [9.17, 15) is 4.39 Å². The van der Waals surface area contributed by atoms with Crippen molar-refractivity contribution in [3.8, 4) is 21.7 Å². The number of fused-ring (bicyclic) bond motifs is 1. The van der Waals surface area contributed by atoms with E-state index < -0.39 is 5.95 Å². The Morgan fingerprint density at radius 3 is 2.85 bits per heavy atom. The van der Waals surface area contributed by atoms with Crippen LogP contribution in [0.2, 0.25) is 0 Å². The van der Waals surface area contributed by atoms with Gasteiger partial charge in [-0.05, 0) is 42.0 Å². The first-order valence-corrected chi connectivity index (χ1v) is 11.7. The lowest BCUT2D eigenvalue weighted by Gasteiger charge is -2.13. The number of pyridine rings is 1. The molecule has 0 aliphatic rings. The molecule has 0 radical (unpaired) electrons. The molecule has 0 spiro atoms. The van der Waals surface area contributed by atoms with Crippen LogP contribution >= 0.6 is 11.3 Å². The molecule has 3 N–H and O–H groups in total. The summed E-state index contributed by atoms with van der Waals surface area (Å²) in [6.45, 7) is 5.14. The number of aromatic nitrogens is 6. The van der Waals surface area contributed by atoms with Crippen LogP contribution in [0, 0.1) is 12.9 Å². The highest BCUT2D eigenvalue weighted by molar-refractivity contribution is 7.22. The number of aryl methyl sites for hydroxylation is 1. The van der Waals surface area contributed by atoms with Crippen LogP contribution in [0.15, 0.2) is 55.1 Å². The SMILES string of the molecule is Cc1cnc(NCCn2ccnn2)nc1-c1cc2cccc(-c3cc(F)ncc3C(C)N)c2s1. The molecular formula is C24H23FN8S. The number of nitrogens with zero attached hydrogens (tertiary/aromatic N) is 6. The third-order valence-electron chi connectivity index (χ3n) is 5.53. The van der Waals surface area contributed by atoms with Crippen LogP contribution in [-0.4, -0.2) is 36.5 Å². The van der Waals surface area contributed by atoms with Crippen LogP contribution in [0.1, 0.15) is 24.1 Å². The summed E-state index contributed by atoms with van der Waals surface area (Å²) in [5.41, 5.74) is 10.5. The third kappa shape index (κ3) is 4.37. The Hall–Kier alpha value is -3.76. The molecule has 0 aliphatic carbocycles. The quantitative estimate of drug-likeness (QED) is 0.332. The summed E-state index contributed by atoms with van der Waals surface area (Å²) in [5, 5.41) is 12.1. The lowest BCUT2D eigenvalue weighted by molar-refractivity contribution is 0.581. The van der Waals surface area contributed by atoms with Crippen LogP contribution in [0.5, 0.6) is 0 Å². The number of hydrogen-bond donors (Lipinski definition) is 2. The lowest BCUT2D eigenvalue weighted by atomic mass is 9.97. The van der Waals surface area contributed by atoms with Crippen molar-refractivity contribution in [2.45, 2.75) is 26.4 Å². The van der Waals surface area contributed by atoms with Gasteiger partial charge < -0.3 is 11.1 Å². The monoisotopic (exact) mass is 474 g/mol. The molecule has 5 rings (SSSR count). The smallest absolute Gasteiger partial charge is 0.223 e. The molecule has 0 saturated heterocycles. The Morgan fingerprint density at radius 1 is 1.18 bits per heavy atom. The molecule has 0 saturated carbocycles. The second kappa shape index (κ2) is 9.24. The number of nitrogens with one attached hydrogen (secondary N) is 1. The number of nitrogens with two attached hydrogens (primary N) is 1. The van der Waals surface area contributed by atoms with E-state index in [-0.39, 0.29) is 6.04 Å². The van der Waals surface area contributed by atoms with Gasteiger partial charge in [0.1, 0.15) is 0 Å². The molecular weight excluding hydrogens is 451 g/mol. The summed E-state index contributed by atoms with van der Waals surface area (Å²) < 4.78 is 16.9. The summed E-state index contributed by atoms with van der Waals surface area (Å²) in [5.74, 6) is 0.0234. The summed E-state index contributed by atoms with van der Waals surface area (Å²) in [7, 11) is 0. The zero-order valence-electron chi connectivity index (χ0n) is 18.7. The van der Waals surface area contributed by atoms with E-state index in [0.29, 0.717) is 19.0 Å². The van der Waals surface area contributed by atoms with E-state index in [1.165, 1.54) is 12.3 Å². The second-order valence-corrected chi connectivity index (χ2v) is 9.09. The second-order valence-electron chi connectivity index (χ2n) is 8.04. The molecule has 0 bridgehead atoms. The van der Waals surface area contributed by atoms with E-state index in [1.54, 1.807) is 22.2 Å². The van der Waals surface area contributed by atoms with Crippen molar-refractivity contribution in [3.05, 3.63) is 72.2 Å². The summed E-state index contributed by atoms with van der Waals surface area (Å²) in [6, 6.07) is 9.32. The summed E-state index contributed by atoms with van der Waals surface area (Å²) in [4.78, 5) is 14.0. The zero-order valence-corrected chi connectivity index (χ0v) is 19.6. The number of anilines is 1. The van der Waals surface area contributed by atoms with Crippen molar-refractivity contribution in [1.29, 1.82) is 0 Å². The Labute approximate surface area is 199 Å². The van der Waals surface area contributed by atoms with Gasteiger partial charge in [0.05, 0.1) is 23.3 Å². The molecule has 4 heterocycles. The Balaban J connectivity index is 1.51. The molecule has 8 nitrogen and oxygen atoms in total. The number of rotatable bonds is 7. The van der Waals surface area contributed by atoms with Crippen molar-refractivity contribution in [1.82, 2.24) is 29.9 Å². The molecule has 10 heteroatoms. The van der Waals surface area contributed by atoms with E-state index in [0.717, 1.165) is 42.9 Å². The fraction of sp³-hybridized carbons (Fsp3) is 0.208. The number of halogens is 1. The molecule has 0 fully saturated rings. The van der Waals surface area contributed by atoms with Crippen LogP contribution in [0.25, 0.3) is 31.8 Å². The van der Waals surface area contributed by atoms with Crippen LogP contribution in [-0.2, 0) is 6.54 Å². The van der Waals surface area contributed by atoms with Gasteiger partial charge in [0, 0.05) is 47.5 Å². The number of benzene rings is 1. The fourth-order valence-electron chi connectivity index (χ4n) is 3.84. The van der Waals surface area contributed by atoms with Crippen molar-refractivity contribution in [2.75, 3.05) is 11.9 Å². The molecule has 1 unspecified atom stereocenters. The Bertz CT molecular complexity index is 1450. The van der Waals surface area contributed by atoms with Gasteiger partial charge in [-0.25, -0.2) is 15.0 Å². The molecule has 0 amide bonds. The minimum atomic E-state index is -0.526. The van der Waals surface area contributed by atoms with E-state index in [2.05, 4.69) is 37.7 Å². The van der Waals surface area contributed by atoms with Gasteiger partial charge in [0.15, 0.2) is 0 Å². The molecule has 34 heavy (non-hydrogen) atoms. The predicted molar refractivity (Wildman–Crippen MR) is 132 cm³/mol. The maximum atomic E-state index is 14.1. The minimum Gasteiger partial charge on any atom is -0.352 e. The molecule has 1 aromatic carbocycles. The van der Waals surface area contributed by atoms with Gasteiger partial charge in [0.2, 0.25) is 11.9 Å². The van der Waals surface area contributed by atoms with Crippen LogP contribution in [0.3, 0.4) is 0 Å². The van der Waals surface area contributed by atoms with Crippen molar-refractivity contribution < 1.29 is 4.39 Å². The van der Waals surface area contributed by atoms with Gasteiger partial charge in [-0.2, -0.15) is 4.39 Å². The predicted octanol–water partition coefficient (Wildman–Crippen LogP) is 4.59. The first-order chi connectivity index (χ1) is 16.5. The number of thiophene rings is 1. The van der Waals surface area contributed by atoms with Gasteiger partial charge in [-0.15, -0.1) is 16.4 Å². The largest absolute Gasteiger partial charge is 0.352 e. The van der Waals surface area contributed by atoms with Crippen molar-refractivity contribution >= 4 is 27.4 Å². The molecule has 5 aromatic rings. The van der Waals surface area contributed by atoms with Crippen LogP contribution < -0.4 is 11.1 Å². The van der Waals surface area contributed by atoms with Crippen molar-refractivity contribution in [3.63, 3.8) is 0 Å². The van der Waals surface area contributed by atoms with Crippen LogP contribution in [0.4, 0.5) is 10.3 Å². The molecule has 172 valence electrons. The maximum absolute atomic E-state index is 14.1. The highest BCUT2D eigenvalue weighted by Gasteiger charge is 2.17. The van der Waals surface area contributed by atoms with E-state index in [4.69, 9.17) is 10.7 Å². The van der Waals surface area contributed by atoms with Gasteiger partial charge >= 0.3 is 0 Å². The standard InChI is InChI=1S/C24H23FN8S/c1-14-12-29-24(27-6-8-33-9-7-30-32-33)31-22(14)20-10-16-4-3-5-17(23(16)34-20)18-11-21(25)28-13-19(18)15(2)26/h3-5,7,9-13,15H,6,8,26H2,1-2H3,(H,27,29,31). The van der Waals surface area contributed by atoms with Gasteiger partial charge in [-0.3, -0.25) is 4.68 Å². The highest BCUT2D eigenvalue weighted by Crippen LogP contribution is 2.41. The normalized spacial score (nSPS) is 12.2. The van der Waals surface area contributed by atoms with Crippen molar-refractivity contribution in [2.24, 2.45) is 5.73 Å². The Kier molecular flexibility index (Phi) is 5.99. The third-order valence-corrected chi connectivity index (χ3v) is 6.72. The average Bonchev–Trinajstić information content (AvgIpc) is 3.49. The Morgan fingerprint density at radius 2 is 2.06 bits per heavy atom. The highest BCUT2D eigenvalue weighted by atomic mass is 32.1. The van der Waals surface area contributed by atoms with Gasteiger partial charge in [0.25, 0.3) is 0 Å². The number of hydrogen-bond acceptors (Lipinski definition) is 8. The average molecular weight is 475 g/mol. The fourth-order valence-corrected chi connectivity index (χ4v) is 5.08. The maximum Gasteiger partial charge on any atom is 0.223 e. The summed E-state index contributed by atoms with van der Waals surface area (Å²) >= 11 is 1.62. The minimum absolute atomic E-state index is 0.270. The van der Waals surface area contributed by atoms with E-state index >= 15 is 0 Å². The molecule has 4 aromatic heterocycles. The van der Waals surface area contributed by atoms with Gasteiger partial charge in [-0.1, -0.05) is 23.4 Å². The molecule has 1 atom stereocenters. The summed E-state index contributed by atoms with van der Waals surface area (Å²) in [6.07, 6.45) is 6.80. The first kappa shape index (κ1) is 22.1. The topological polar surface area (TPSA) is 107 Å². The molecule has 0 aliphatic heterocycles. The lowest BCUT2D eigenvalue weighted by Crippen LogP contribution is -2.13.